The van der Waals surface area contributed by atoms with Crippen LogP contribution in [0.3, 0.4) is 0 Å². The molecule has 3 aliphatic rings. The van der Waals surface area contributed by atoms with Crippen LogP contribution in [0.2, 0.25) is 18.1 Å². The van der Waals surface area contributed by atoms with Crippen LogP contribution in [0.1, 0.15) is 31.9 Å². The Bertz CT molecular complexity index is 1440. The van der Waals surface area contributed by atoms with E-state index in [1.165, 1.54) is 14.2 Å². The average molecular weight is 625 g/mol. The van der Waals surface area contributed by atoms with E-state index in [1.807, 2.05) is 61.6 Å². The fourth-order valence-corrected chi connectivity index (χ4v) is 6.91. The number of carbonyl (C=O) groups excluding carboxylic acids is 2. The highest BCUT2D eigenvalue weighted by Crippen LogP contribution is 2.58. The molecule has 0 aromatic heterocycles. The van der Waals surface area contributed by atoms with Gasteiger partial charge in [0.15, 0.2) is 13.9 Å². The molecule has 2 aromatic carbocycles. The zero-order valence-electron chi connectivity index (χ0n) is 26.6. The van der Waals surface area contributed by atoms with E-state index in [0.717, 1.165) is 0 Å². The number of benzene rings is 2. The van der Waals surface area contributed by atoms with Gasteiger partial charge in [0.2, 0.25) is 11.6 Å². The summed E-state index contributed by atoms with van der Waals surface area (Å²) in [5, 5.41) is -0.246. The highest BCUT2D eigenvalue weighted by Gasteiger charge is 2.70. The lowest BCUT2D eigenvalue weighted by molar-refractivity contribution is -0.201. The molecule has 3 heterocycles. The van der Waals surface area contributed by atoms with Gasteiger partial charge in [-0.25, -0.2) is 9.59 Å². The Hall–Kier alpha value is -3.48. The number of carbonyl (C=O) groups is 2. The Labute approximate surface area is 258 Å². The number of fused-ring (bicyclic) bond motifs is 2. The van der Waals surface area contributed by atoms with Gasteiger partial charge >= 0.3 is 11.9 Å². The van der Waals surface area contributed by atoms with Crippen molar-refractivity contribution in [1.29, 1.82) is 0 Å². The molecule has 1 saturated heterocycles. The van der Waals surface area contributed by atoms with Crippen LogP contribution in [0.15, 0.2) is 71.8 Å². The molecule has 0 saturated carbocycles. The third-order valence-electron chi connectivity index (χ3n) is 9.02. The summed E-state index contributed by atoms with van der Waals surface area (Å²) < 4.78 is 48.2. The molecule has 0 aliphatic carbocycles. The maximum atomic E-state index is 13.6. The van der Waals surface area contributed by atoms with E-state index in [1.54, 1.807) is 26.4 Å². The molecule has 2 aromatic rings. The molecule has 0 radical (unpaired) electrons. The Kier molecular flexibility index (Phi) is 8.09. The van der Waals surface area contributed by atoms with Crippen molar-refractivity contribution in [3.05, 3.63) is 83.0 Å². The molecule has 0 N–H and O–H groups in total. The van der Waals surface area contributed by atoms with Crippen LogP contribution in [0.25, 0.3) is 0 Å². The minimum Gasteiger partial charge on any atom is -0.497 e. The van der Waals surface area contributed by atoms with Crippen molar-refractivity contribution in [3.63, 3.8) is 0 Å². The summed E-state index contributed by atoms with van der Waals surface area (Å²) >= 11 is 0. The highest BCUT2D eigenvalue weighted by atomic mass is 28.4. The van der Waals surface area contributed by atoms with Gasteiger partial charge in [0, 0.05) is 11.1 Å². The summed E-state index contributed by atoms with van der Waals surface area (Å²) in [6, 6.07) is 14.7. The Morgan fingerprint density at radius 2 is 1.30 bits per heavy atom. The second kappa shape index (κ2) is 11.1. The van der Waals surface area contributed by atoms with Crippen molar-refractivity contribution >= 4 is 20.3 Å². The monoisotopic (exact) mass is 624 g/mol. The third-order valence-corrected chi connectivity index (χ3v) is 13.4. The van der Waals surface area contributed by atoms with Gasteiger partial charge < -0.3 is 37.6 Å². The Balaban J connectivity index is 1.65. The van der Waals surface area contributed by atoms with E-state index < -0.39 is 43.5 Å². The molecular weight excluding hydrogens is 584 g/mol. The van der Waals surface area contributed by atoms with Gasteiger partial charge in [-0.2, -0.15) is 0 Å². The first-order valence-corrected chi connectivity index (χ1v) is 17.3. The van der Waals surface area contributed by atoms with E-state index >= 15 is 0 Å². The van der Waals surface area contributed by atoms with Crippen molar-refractivity contribution in [1.82, 2.24) is 0 Å². The molecule has 3 aliphatic heterocycles. The zero-order chi connectivity index (χ0) is 32.1. The second-order valence-electron chi connectivity index (χ2n) is 12.5. The standard InChI is InChI=1S/C33H40O10Si/c1-30(2,3)44(8,9)43-32-19-18-31(42-32,26(28(34)38-6)27(32)29(35)39-7)25-20-40-33(41-25,21-10-14-23(36-4)15-11-21)22-12-16-24(37-5)17-13-22/h10-19,25H,20H2,1-9H3/t25-,31-,32+/m0/s1. The van der Waals surface area contributed by atoms with Crippen molar-refractivity contribution in [3.8, 4) is 11.5 Å². The molecule has 10 nitrogen and oxygen atoms in total. The topological polar surface area (TPSA) is 108 Å². The minimum absolute atomic E-state index is 0.00643. The van der Waals surface area contributed by atoms with Crippen LogP contribution >= 0.6 is 0 Å². The molecule has 3 atom stereocenters. The van der Waals surface area contributed by atoms with E-state index in [9.17, 15) is 9.59 Å². The van der Waals surface area contributed by atoms with E-state index in [-0.39, 0.29) is 22.8 Å². The quantitative estimate of drug-likeness (QED) is 0.214. The van der Waals surface area contributed by atoms with Gasteiger partial charge in [-0.3, -0.25) is 0 Å². The summed E-state index contributed by atoms with van der Waals surface area (Å²) in [4.78, 5) is 27.0. The summed E-state index contributed by atoms with van der Waals surface area (Å²) in [5.74, 6) is -3.28. The lowest BCUT2D eigenvalue weighted by Gasteiger charge is -2.42. The molecule has 2 bridgehead atoms. The van der Waals surface area contributed by atoms with E-state index in [2.05, 4.69) is 20.8 Å². The Morgan fingerprint density at radius 1 is 0.795 bits per heavy atom. The van der Waals surface area contributed by atoms with Crippen LogP contribution in [-0.4, -0.2) is 72.8 Å². The molecule has 0 unspecified atom stereocenters. The fraction of sp³-hybridized carbons (Fsp3) is 0.455. The average Bonchev–Trinajstić information content (AvgIpc) is 3.70. The lowest BCUT2D eigenvalue weighted by atomic mass is 9.82. The smallest absolute Gasteiger partial charge is 0.340 e. The Morgan fingerprint density at radius 3 is 1.75 bits per heavy atom. The number of esters is 2. The van der Waals surface area contributed by atoms with Crippen molar-refractivity contribution in [2.45, 2.75) is 62.2 Å². The largest absolute Gasteiger partial charge is 0.497 e. The summed E-state index contributed by atoms with van der Waals surface area (Å²) in [7, 11) is 3.08. The normalized spacial score (nSPS) is 25.7. The van der Waals surface area contributed by atoms with Gasteiger partial charge in [-0.1, -0.05) is 20.8 Å². The van der Waals surface area contributed by atoms with E-state index in [4.69, 9.17) is 37.6 Å². The van der Waals surface area contributed by atoms with Crippen molar-refractivity contribution in [2.75, 3.05) is 35.0 Å². The third kappa shape index (κ3) is 4.87. The summed E-state index contributed by atoms with van der Waals surface area (Å²) in [6.07, 6.45) is 2.48. The molecule has 5 rings (SSSR count). The molecule has 0 amide bonds. The van der Waals surface area contributed by atoms with Gasteiger partial charge in [0.05, 0.1) is 40.6 Å². The van der Waals surface area contributed by atoms with Crippen molar-refractivity contribution in [2.24, 2.45) is 0 Å². The first kappa shape index (κ1) is 31.9. The first-order valence-electron chi connectivity index (χ1n) is 14.4. The summed E-state index contributed by atoms with van der Waals surface area (Å²) in [5.41, 5.74) is -0.318. The van der Waals surface area contributed by atoms with Gasteiger partial charge in [-0.15, -0.1) is 0 Å². The molecular formula is C33H40O10Si. The predicted molar refractivity (Wildman–Crippen MR) is 163 cm³/mol. The lowest BCUT2D eigenvalue weighted by Crippen LogP contribution is -2.51. The van der Waals surface area contributed by atoms with Gasteiger partial charge in [0.25, 0.3) is 0 Å². The molecule has 1 fully saturated rings. The number of hydrogen-bond donors (Lipinski definition) is 0. The van der Waals surface area contributed by atoms with Crippen LogP contribution in [0, 0.1) is 0 Å². The van der Waals surface area contributed by atoms with Crippen LogP contribution in [0.4, 0.5) is 0 Å². The van der Waals surface area contributed by atoms with Crippen LogP contribution < -0.4 is 9.47 Å². The second-order valence-corrected chi connectivity index (χ2v) is 17.2. The van der Waals surface area contributed by atoms with Crippen LogP contribution in [0.5, 0.6) is 11.5 Å². The summed E-state index contributed by atoms with van der Waals surface area (Å²) in [6.45, 7) is 10.3. The number of ether oxygens (including phenoxy) is 7. The highest BCUT2D eigenvalue weighted by molar-refractivity contribution is 6.74. The molecule has 236 valence electrons. The number of hydrogen-bond acceptors (Lipinski definition) is 10. The van der Waals surface area contributed by atoms with Crippen LogP contribution in [-0.2, 0) is 43.5 Å². The van der Waals surface area contributed by atoms with E-state index in [0.29, 0.717) is 22.6 Å². The van der Waals surface area contributed by atoms with Crippen molar-refractivity contribution < 1.29 is 47.2 Å². The predicted octanol–water partition coefficient (Wildman–Crippen LogP) is 5.02. The zero-order valence-corrected chi connectivity index (χ0v) is 27.6. The van der Waals surface area contributed by atoms with Gasteiger partial charge in [-0.05, 0) is 78.8 Å². The maximum absolute atomic E-state index is 13.6. The molecule has 0 spiro atoms. The minimum atomic E-state index is -2.60. The molecule has 11 heteroatoms. The fourth-order valence-electron chi connectivity index (χ4n) is 5.64. The van der Waals surface area contributed by atoms with Gasteiger partial charge in [0.1, 0.15) is 23.2 Å². The number of rotatable bonds is 9. The SMILES string of the molecule is COC(=O)C1=C(C(=O)OC)[C@@]2([C@@H]3COC(c4ccc(OC)cc4)(c4ccc(OC)cc4)O3)C=C[C@]1(O[Si](C)(C)C(C)(C)C)O2. The first-order chi connectivity index (χ1) is 20.7. The molecule has 44 heavy (non-hydrogen) atoms. The maximum Gasteiger partial charge on any atom is 0.340 e. The number of methoxy groups -OCH3 is 4.